The maximum atomic E-state index is 13.8. The molecule has 1 unspecified atom stereocenters. The van der Waals surface area contributed by atoms with Gasteiger partial charge in [-0.25, -0.2) is 4.39 Å². The Balaban J connectivity index is 2.34. The Labute approximate surface area is 121 Å². The van der Waals surface area contributed by atoms with Gasteiger partial charge in [0.2, 0.25) is 5.91 Å². The fourth-order valence-corrected chi connectivity index (χ4v) is 2.03. The summed E-state index contributed by atoms with van der Waals surface area (Å²) in [5, 5.41) is 3.26. The minimum absolute atomic E-state index is 0.130. The van der Waals surface area contributed by atoms with Gasteiger partial charge in [-0.15, -0.1) is 0 Å². The molecular weight excluding hydrogens is 279 g/mol. The van der Waals surface area contributed by atoms with Gasteiger partial charge in [0.1, 0.15) is 11.9 Å². The highest BCUT2D eigenvalue weighted by molar-refractivity contribution is 6.30. The van der Waals surface area contributed by atoms with Gasteiger partial charge in [0.05, 0.1) is 0 Å². The number of amides is 1. The fourth-order valence-electron chi connectivity index (χ4n) is 1.85. The molecule has 104 valence electrons. The van der Waals surface area contributed by atoms with Crippen molar-refractivity contribution in [2.45, 2.75) is 13.0 Å². The van der Waals surface area contributed by atoms with E-state index in [2.05, 4.69) is 5.32 Å². The quantitative estimate of drug-likeness (QED) is 0.907. The van der Waals surface area contributed by atoms with Crippen molar-refractivity contribution < 1.29 is 9.18 Å². The molecule has 0 fully saturated rings. The van der Waals surface area contributed by atoms with Crippen LogP contribution in [0.4, 0.5) is 10.1 Å². The summed E-state index contributed by atoms with van der Waals surface area (Å²) in [5.74, 6) is -1.20. The van der Waals surface area contributed by atoms with E-state index < -0.39 is 17.8 Å². The van der Waals surface area contributed by atoms with E-state index >= 15 is 0 Å². The van der Waals surface area contributed by atoms with Gasteiger partial charge in [-0.1, -0.05) is 29.3 Å². The van der Waals surface area contributed by atoms with E-state index in [0.717, 1.165) is 5.56 Å². The number of primary amides is 1. The first kappa shape index (κ1) is 14.3. The minimum atomic E-state index is -0.976. The standard InChI is InChI=1S/C15H14ClFN2O/c1-9-2-5-11(6-3-9)19-14(15(18)20)12-8-10(16)4-7-13(12)17/h2-8,14,19H,1H3,(H2,18,20). The molecule has 0 heterocycles. The van der Waals surface area contributed by atoms with Crippen LogP contribution in [-0.2, 0) is 4.79 Å². The second-order valence-electron chi connectivity index (χ2n) is 4.51. The number of benzene rings is 2. The van der Waals surface area contributed by atoms with Crippen LogP contribution in [0.3, 0.4) is 0 Å². The Kier molecular flexibility index (Phi) is 4.25. The number of nitrogens with one attached hydrogen (secondary N) is 1. The van der Waals surface area contributed by atoms with Crippen molar-refractivity contribution in [1.29, 1.82) is 0 Å². The summed E-state index contributed by atoms with van der Waals surface area (Å²) >= 11 is 5.84. The van der Waals surface area contributed by atoms with Crippen LogP contribution in [0.25, 0.3) is 0 Å². The topological polar surface area (TPSA) is 55.1 Å². The third kappa shape index (κ3) is 3.27. The lowest BCUT2D eigenvalue weighted by atomic mass is 10.0. The first-order chi connectivity index (χ1) is 9.47. The van der Waals surface area contributed by atoms with Gasteiger partial charge >= 0.3 is 0 Å². The smallest absolute Gasteiger partial charge is 0.244 e. The van der Waals surface area contributed by atoms with Crippen molar-refractivity contribution in [3.8, 4) is 0 Å². The molecule has 1 amide bonds. The summed E-state index contributed by atoms with van der Waals surface area (Å²) in [6.07, 6.45) is 0. The average Bonchev–Trinajstić information content (AvgIpc) is 2.41. The maximum absolute atomic E-state index is 13.8. The summed E-state index contributed by atoms with van der Waals surface area (Å²) in [6.45, 7) is 1.95. The number of rotatable bonds is 4. The second-order valence-corrected chi connectivity index (χ2v) is 4.95. The van der Waals surface area contributed by atoms with Gasteiger partial charge in [-0.05, 0) is 37.3 Å². The largest absolute Gasteiger partial charge is 0.370 e. The molecule has 2 rings (SSSR count). The number of carbonyl (C=O) groups excluding carboxylic acids is 1. The number of aryl methyl sites for hydroxylation is 1. The van der Waals surface area contributed by atoms with E-state index in [9.17, 15) is 9.18 Å². The lowest BCUT2D eigenvalue weighted by Gasteiger charge is -2.18. The van der Waals surface area contributed by atoms with Crippen molar-refractivity contribution in [1.82, 2.24) is 0 Å². The highest BCUT2D eigenvalue weighted by Crippen LogP contribution is 2.25. The molecule has 2 aromatic rings. The van der Waals surface area contributed by atoms with Gasteiger partial charge < -0.3 is 11.1 Å². The van der Waals surface area contributed by atoms with Gasteiger partial charge in [0, 0.05) is 16.3 Å². The molecule has 0 saturated heterocycles. The third-order valence-electron chi connectivity index (χ3n) is 2.92. The number of hydrogen-bond donors (Lipinski definition) is 2. The molecule has 0 radical (unpaired) electrons. The summed E-state index contributed by atoms with van der Waals surface area (Å²) in [5.41, 5.74) is 7.25. The Morgan fingerprint density at radius 1 is 1.25 bits per heavy atom. The lowest BCUT2D eigenvalue weighted by Crippen LogP contribution is -2.28. The van der Waals surface area contributed by atoms with Crippen molar-refractivity contribution in [3.63, 3.8) is 0 Å². The van der Waals surface area contributed by atoms with E-state index in [1.54, 1.807) is 12.1 Å². The van der Waals surface area contributed by atoms with E-state index in [4.69, 9.17) is 17.3 Å². The van der Waals surface area contributed by atoms with Crippen LogP contribution < -0.4 is 11.1 Å². The molecule has 2 aromatic carbocycles. The first-order valence-electron chi connectivity index (χ1n) is 6.05. The predicted molar refractivity (Wildman–Crippen MR) is 78.1 cm³/mol. The Morgan fingerprint density at radius 3 is 2.50 bits per heavy atom. The molecule has 1 atom stereocenters. The third-order valence-corrected chi connectivity index (χ3v) is 3.15. The molecule has 3 nitrogen and oxygen atoms in total. The number of halogens is 2. The molecule has 0 aliphatic rings. The Bertz CT molecular complexity index is 628. The van der Waals surface area contributed by atoms with Crippen molar-refractivity contribution in [3.05, 3.63) is 64.4 Å². The molecule has 20 heavy (non-hydrogen) atoms. The lowest BCUT2D eigenvalue weighted by molar-refractivity contribution is -0.118. The molecule has 0 bridgehead atoms. The van der Waals surface area contributed by atoms with E-state index in [1.165, 1.54) is 18.2 Å². The molecule has 3 N–H and O–H groups in total. The molecular formula is C15H14ClFN2O. The van der Waals surface area contributed by atoms with Gasteiger partial charge in [-0.3, -0.25) is 4.79 Å². The van der Waals surface area contributed by atoms with Crippen molar-refractivity contribution in [2.75, 3.05) is 5.32 Å². The van der Waals surface area contributed by atoms with Crippen LogP contribution in [0.2, 0.25) is 5.02 Å². The second kappa shape index (κ2) is 5.92. The fraction of sp³-hybridized carbons (Fsp3) is 0.133. The zero-order valence-corrected chi connectivity index (χ0v) is 11.6. The first-order valence-corrected chi connectivity index (χ1v) is 6.42. The SMILES string of the molecule is Cc1ccc(NC(C(N)=O)c2cc(Cl)ccc2F)cc1. The van der Waals surface area contributed by atoms with Crippen LogP contribution in [0.15, 0.2) is 42.5 Å². The Hall–Kier alpha value is -2.07. The molecule has 5 heteroatoms. The van der Waals surface area contributed by atoms with Crippen LogP contribution in [-0.4, -0.2) is 5.91 Å². The van der Waals surface area contributed by atoms with Crippen LogP contribution >= 0.6 is 11.6 Å². The van der Waals surface area contributed by atoms with Gasteiger partial charge in [-0.2, -0.15) is 0 Å². The van der Waals surface area contributed by atoms with Crippen LogP contribution in [0.5, 0.6) is 0 Å². The zero-order valence-electron chi connectivity index (χ0n) is 10.9. The number of hydrogen-bond acceptors (Lipinski definition) is 2. The number of anilines is 1. The summed E-state index contributed by atoms with van der Waals surface area (Å²) in [6, 6.07) is 10.4. The highest BCUT2D eigenvalue weighted by atomic mass is 35.5. The normalized spacial score (nSPS) is 11.9. The summed E-state index contributed by atoms with van der Waals surface area (Å²) < 4.78 is 13.8. The Morgan fingerprint density at radius 2 is 1.90 bits per heavy atom. The van der Waals surface area contributed by atoms with Gasteiger partial charge in [0.25, 0.3) is 0 Å². The van der Waals surface area contributed by atoms with E-state index in [1.807, 2.05) is 19.1 Å². The molecule has 0 aliphatic heterocycles. The monoisotopic (exact) mass is 292 g/mol. The summed E-state index contributed by atoms with van der Waals surface area (Å²) in [7, 11) is 0. The average molecular weight is 293 g/mol. The molecule has 0 spiro atoms. The van der Waals surface area contributed by atoms with Crippen molar-refractivity contribution >= 4 is 23.2 Å². The highest BCUT2D eigenvalue weighted by Gasteiger charge is 2.21. The van der Waals surface area contributed by atoms with Crippen LogP contribution in [0, 0.1) is 12.7 Å². The van der Waals surface area contributed by atoms with Crippen LogP contribution in [0.1, 0.15) is 17.2 Å². The van der Waals surface area contributed by atoms with E-state index in [-0.39, 0.29) is 5.56 Å². The number of carbonyl (C=O) groups is 1. The maximum Gasteiger partial charge on any atom is 0.244 e. The molecule has 0 aliphatic carbocycles. The number of nitrogens with two attached hydrogens (primary N) is 1. The summed E-state index contributed by atoms with van der Waals surface area (Å²) in [4.78, 5) is 11.6. The molecule has 0 aromatic heterocycles. The van der Waals surface area contributed by atoms with Crippen molar-refractivity contribution in [2.24, 2.45) is 5.73 Å². The minimum Gasteiger partial charge on any atom is -0.370 e. The van der Waals surface area contributed by atoms with E-state index in [0.29, 0.717) is 10.7 Å². The molecule has 0 saturated carbocycles. The van der Waals surface area contributed by atoms with Gasteiger partial charge in [0.15, 0.2) is 0 Å². The zero-order chi connectivity index (χ0) is 14.7. The predicted octanol–water partition coefficient (Wildman–Crippen LogP) is 3.43.